The molecule has 0 aromatic carbocycles. The van der Waals surface area contributed by atoms with E-state index in [4.69, 9.17) is 0 Å². The van der Waals surface area contributed by atoms with Crippen LogP contribution in [0.25, 0.3) is 0 Å². The molecule has 0 amide bonds. The van der Waals surface area contributed by atoms with Crippen LogP contribution in [0.5, 0.6) is 0 Å². The van der Waals surface area contributed by atoms with Gasteiger partial charge in [0.05, 0.1) is 0 Å². The molecule has 2 saturated heterocycles. The highest BCUT2D eigenvalue weighted by Gasteiger charge is 2.25. The van der Waals surface area contributed by atoms with Crippen molar-refractivity contribution in [3.63, 3.8) is 0 Å². The maximum atomic E-state index is 2.27. The molecule has 0 aromatic heterocycles. The van der Waals surface area contributed by atoms with Crippen molar-refractivity contribution in [3.05, 3.63) is 0 Å². The van der Waals surface area contributed by atoms with Gasteiger partial charge in [0.25, 0.3) is 0 Å². The van der Waals surface area contributed by atoms with Crippen molar-refractivity contribution < 1.29 is 0 Å². The second-order valence-electron chi connectivity index (χ2n) is 3.24. The van der Waals surface area contributed by atoms with E-state index in [0.717, 1.165) is 10.5 Å². The first-order valence-corrected chi connectivity index (χ1v) is 5.05. The lowest BCUT2D eigenvalue weighted by Crippen LogP contribution is -2.22. The van der Waals surface area contributed by atoms with Gasteiger partial charge in [-0.05, 0) is 25.7 Å². The van der Waals surface area contributed by atoms with E-state index in [0.29, 0.717) is 0 Å². The zero-order valence-corrected chi connectivity index (χ0v) is 6.62. The summed E-state index contributed by atoms with van der Waals surface area (Å²) >= 11 is 2.27. The molecule has 52 valence electrons. The zero-order valence-electron chi connectivity index (χ0n) is 5.81. The molecule has 0 aromatic rings. The predicted molar refractivity (Wildman–Crippen MR) is 42.9 cm³/mol. The monoisotopic (exact) mass is 142 g/mol. The van der Waals surface area contributed by atoms with Crippen LogP contribution in [0, 0.1) is 0 Å². The third-order valence-corrected chi connectivity index (χ3v) is 4.20. The van der Waals surface area contributed by atoms with Crippen LogP contribution in [0.3, 0.4) is 0 Å². The van der Waals surface area contributed by atoms with E-state index in [-0.39, 0.29) is 0 Å². The summed E-state index contributed by atoms with van der Waals surface area (Å²) in [5, 5.41) is 2.13. The molecule has 0 atom stereocenters. The Morgan fingerprint density at radius 3 is 1.56 bits per heavy atom. The molecule has 2 heterocycles. The second-order valence-corrected chi connectivity index (χ2v) is 4.85. The molecule has 0 spiro atoms. The molecule has 2 aliphatic heterocycles. The van der Waals surface area contributed by atoms with Gasteiger partial charge in [0.2, 0.25) is 0 Å². The van der Waals surface area contributed by atoms with Gasteiger partial charge in [-0.25, -0.2) is 0 Å². The van der Waals surface area contributed by atoms with Gasteiger partial charge < -0.3 is 0 Å². The summed E-state index contributed by atoms with van der Waals surface area (Å²) in [6, 6.07) is 0. The summed E-state index contributed by atoms with van der Waals surface area (Å²) in [7, 11) is 0. The molecule has 0 aliphatic carbocycles. The SMILES string of the molecule is C1C[C@H]2CCC[C@@H](C1)S2. The van der Waals surface area contributed by atoms with E-state index >= 15 is 0 Å². The first kappa shape index (κ1) is 6.09. The standard InChI is InChI=1S/C8H14S/c1-3-7-5-2-6-8(4-1)9-7/h7-8H,1-6H2/t7-,8+. The molecule has 0 radical (unpaired) electrons. The number of fused-ring (bicyclic) bond motifs is 2. The lowest BCUT2D eigenvalue weighted by atomic mass is 9.99. The third-order valence-electron chi connectivity index (χ3n) is 2.49. The number of thioether (sulfide) groups is 1. The van der Waals surface area contributed by atoms with E-state index in [1.807, 2.05) is 0 Å². The molecule has 0 N–H and O–H groups in total. The average Bonchev–Trinajstić information content (AvgIpc) is 1.88. The Bertz CT molecular complexity index is 80.7. The minimum Gasteiger partial charge on any atom is -0.155 e. The Kier molecular flexibility index (Phi) is 1.71. The van der Waals surface area contributed by atoms with Gasteiger partial charge in [0.1, 0.15) is 0 Å². The van der Waals surface area contributed by atoms with Crippen molar-refractivity contribution in [1.29, 1.82) is 0 Å². The first-order valence-electron chi connectivity index (χ1n) is 4.10. The summed E-state index contributed by atoms with van der Waals surface area (Å²) in [5.74, 6) is 0. The average molecular weight is 142 g/mol. The summed E-state index contributed by atoms with van der Waals surface area (Å²) in [4.78, 5) is 0. The third kappa shape index (κ3) is 1.26. The number of hydrogen-bond donors (Lipinski definition) is 0. The second kappa shape index (κ2) is 2.53. The molecular weight excluding hydrogens is 128 g/mol. The van der Waals surface area contributed by atoms with Crippen molar-refractivity contribution in [2.24, 2.45) is 0 Å². The number of hydrogen-bond acceptors (Lipinski definition) is 1. The Morgan fingerprint density at radius 1 is 0.778 bits per heavy atom. The minimum absolute atomic E-state index is 1.07. The van der Waals surface area contributed by atoms with Crippen LogP contribution in [0.2, 0.25) is 0 Å². The largest absolute Gasteiger partial charge is 0.155 e. The molecule has 1 heteroatoms. The van der Waals surface area contributed by atoms with E-state index in [1.165, 1.54) is 38.5 Å². The molecule has 2 bridgehead atoms. The number of rotatable bonds is 0. The fourth-order valence-corrected chi connectivity index (χ4v) is 3.73. The molecule has 2 rings (SSSR count). The lowest BCUT2D eigenvalue weighted by Gasteiger charge is -2.33. The summed E-state index contributed by atoms with van der Waals surface area (Å²) in [6.45, 7) is 0. The van der Waals surface area contributed by atoms with Crippen molar-refractivity contribution in [2.75, 3.05) is 0 Å². The van der Waals surface area contributed by atoms with E-state index in [2.05, 4.69) is 11.8 Å². The van der Waals surface area contributed by atoms with Crippen LogP contribution in [0.1, 0.15) is 38.5 Å². The highest BCUT2D eigenvalue weighted by molar-refractivity contribution is 8.00. The van der Waals surface area contributed by atoms with E-state index < -0.39 is 0 Å². The topological polar surface area (TPSA) is 0 Å². The Morgan fingerprint density at radius 2 is 1.22 bits per heavy atom. The van der Waals surface area contributed by atoms with Crippen LogP contribution in [-0.4, -0.2) is 10.5 Å². The minimum atomic E-state index is 1.07. The smallest absolute Gasteiger partial charge is 0.00498 e. The molecule has 0 saturated carbocycles. The highest BCUT2D eigenvalue weighted by Crippen LogP contribution is 2.40. The molecule has 0 nitrogen and oxygen atoms in total. The molecule has 9 heavy (non-hydrogen) atoms. The van der Waals surface area contributed by atoms with Crippen molar-refractivity contribution in [3.8, 4) is 0 Å². The van der Waals surface area contributed by atoms with Crippen LogP contribution in [-0.2, 0) is 0 Å². The maximum absolute atomic E-state index is 2.27. The van der Waals surface area contributed by atoms with Gasteiger partial charge in [0.15, 0.2) is 0 Å². The van der Waals surface area contributed by atoms with E-state index in [1.54, 1.807) is 0 Å². The van der Waals surface area contributed by atoms with Crippen molar-refractivity contribution in [1.82, 2.24) is 0 Å². The van der Waals surface area contributed by atoms with Gasteiger partial charge in [-0.3, -0.25) is 0 Å². The molecule has 2 aliphatic rings. The summed E-state index contributed by atoms with van der Waals surface area (Å²) < 4.78 is 0. The van der Waals surface area contributed by atoms with Gasteiger partial charge in [-0.2, -0.15) is 11.8 Å². The van der Waals surface area contributed by atoms with Gasteiger partial charge in [0, 0.05) is 10.5 Å². The van der Waals surface area contributed by atoms with Gasteiger partial charge in [-0.15, -0.1) is 0 Å². The fraction of sp³-hybridized carbons (Fsp3) is 1.00. The van der Waals surface area contributed by atoms with Gasteiger partial charge >= 0.3 is 0 Å². The van der Waals surface area contributed by atoms with Crippen LogP contribution >= 0.6 is 11.8 Å². The molecular formula is C8H14S. The predicted octanol–water partition coefficient (Wildman–Crippen LogP) is 2.82. The normalized spacial score (nSPS) is 42.7. The zero-order chi connectivity index (χ0) is 6.10. The van der Waals surface area contributed by atoms with Crippen molar-refractivity contribution in [2.45, 2.75) is 49.0 Å². The lowest BCUT2D eigenvalue weighted by molar-refractivity contribution is 0.490. The Balaban J connectivity index is 1.96. The van der Waals surface area contributed by atoms with Crippen LogP contribution in [0.15, 0.2) is 0 Å². The quantitative estimate of drug-likeness (QED) is 0.501. The van der Waals surface area contributed by atoms with Crippen LogP contribution in [0.4, 0.5) is 0 Å². The fourth-order valence-electron chi connectivity index (χ4n) is 1.98. The van der Waals surface area contributed by atoms with Crippen molar-refractivity contribution >= 4 is 11.8 Å². The molecule has 2 fully saturated rings. The summed E-state index contributed by atoms with van der Waals surface area (Å²) in [6.07, 6.45) is 9.09. The van der Waals surface area contributed by atoms with Crippen LogP contribution < -0.4 is 0 Å². The Labute approximate surface area is 61.4 Å². The maximum Gasteiger partial charge on any atom is 0.00498 e. The van der Waals surface area contributed by atoms with Gasteiger partial charge in [-0.1, -0.05) is 12.8 Å². The Hall–Kier alpha value is 0.350. The molecule has 0 unspecified atom stereocenters. The first-order chi connectivity index (χ1) is 4.45. The summed E-state index contributed by atoms with van der Waals surface area (Å²) in [5.41, 5.74) is 0. The van der Waals surface area contributed by atoms with E-state index in [9.17, 15) is 0 Å². The highest BCUT2D eigenvalue weighted by atomic mass is 32.2.